The number of ether oxygens (including phenoxy) is 2. The molecule has 28 heavy (non-hydrogen) atoms. The van der Waals surface area contributed by atoms with E-state index in [0.29, 0.717) is 5.56 Å². The van der Waals surface area contributed by atoms with E-state index in [2.05, 4.69) is 4.74 Å². The Kier molecular flexibility index (Phi) is 5.17. The zero-order chi connectivity index (χ0) is 20.5. The second-order valence-electron chi connectivity index (χ2n) is 5.88. The molecule has 0 bridgehead atoms. The fourth-order valence-electron chi connectivity index (χ4n) is 3.01. The van der Waals surface area contributed by atoms with E-state index in [4.69, 9.17) is 4.74 Å². The third-order valence-electron chi connectivity index (χ3n) is 4.28. The van der Waals surface area contributed by atoms with Gasteiger partial charge in [0.1, 0.15) is 4.90 Å². The van der Waals surface area contributed by atoms with E-state index in [1.54, 1.807) is 12.1 Å². The van der Waals surface area contributed by atoms with Crippen LogP contribution in [0.1, 0.15) is 20.7 Å². The molecule has 0 aliphatic heterocycles. The first-order valence-electron chi connectivity index (χ1n) is 8.08. The van der Waals surface area contributed by atoms with Crippen LogP contribution in [0.5, 0.6) is 0 Å². The monoisotopic (exact) mass is 400 g/mol. The smallest absolute Gasteiger partial charge is 0.340 e. The quantitative estimate of drug-likeness (QED) is 0.529. The first kappa shape index (κ1) is 19.5. The average molecular weight is 400 g/mol. The van der Waals surface area contributed by atoms with Crippen LogP contribution in [-0.4, -0.2) is 39.1 Å². The summed E-state index contributed by atoms with van der Waals surface area (Å²) in [5.41, 5.74) is -0.0567. The molecule has 3 rings (SSSR count). The van der Waals surface area contributed by atoms with Crippen molar-refractivity contribution >= 4 is 32.8 Å². The van der Waals surface area contributed by atoms with Crippen molar-refractivity contribution in [3.05, 3.63) is 65.7 Å². The Morgan fingerprint density at radius 1 is 0.821 bits per heavy atom. The van der Waals surface area contributed by atoms with Gasteiger partial charge in [0, 0.05) is 0 Å². The molecule has 0 amide bonds. The highest BCUT2D eigenvalue weighted by atomic mass is 32.2. The molecule has 0 unspecified atom stereocenters. The lowest BCUT2D eigenvalue weighted by Crippen LogP contribution is -2.18. The first-order chi connectivity index (χ1) is 13.3. The molecule has 0 aliphatic carbocycles. The van der Waals surface area contributed by atoms with Crippen LogP contribution in [0.4, 0.5) is 0 Å². The van der Waals surface area contributed by atoms with Crippen LogP contribution in [-0.2, 0) is 19.6 Å². The van der Waals surface area contributed by atoms with E-state index in [9.17, 15) is 22.6 Å². The van der Waals surface area contributed by atoms with Crippen LogP contribution < -0.4 is 0 Å². The minimum atomic E-state index is -4.80. The summed E-state index contributed by atoms with van der Waals surface area (Å²) in [6, 6.07) is 15.3. The van der Waals surface area contributed by atoms with E-state index < -0.39 is 32.5 Å². The van der Waals surface area contributed by atoms with E-state index >= 15 is 0 Å². The van der Waals surface area contributed by atoms with Gasteiger partial charge in [-0.1, -0.05) is 42.5 Å². The number of hydrogen-bond acceptors (Lipinski definition) is 6. The Morgan fingerprint density at radius 3 is 2.04 bits per heavy atom. The molecule has 7 nitrogen and oxygen atoms in total. The molecule has 3 aromatic rings. The van der Waals surface area contributed by atoms with Gasteiger partial charge in [0.15, 0.2) is 0 Å². The lowest BCUT2D eigenvalue weighted by atomic mass is 9.93. The number of hydrogen-bond donors (Lipinski definition) is 1. The number of rotatable bonds is 4. The highest BCUT2D eigenvalue weighted by molar-refractivity contribution is 7.86. The molecule has 1 N–H and O–H groups in total. The third-order valence-corrected chi connectivity index (χ3v) is 5.18. The molecular weight excluding hydrogens is 384 g/mol. The van der Waals surface area contributed by atoms with Crippen LogP contribution in [0, 0.1) is 0 Å². The summed E-state index contributed by atoms with van der Waals surface area (Å²) >= 11 is 0. The van der Waals surface area contributed by atoms with Crippen molar-refractivity contribution in [3.63, 3.8) is 0 Å². The Hall–Kier alpha value is -3.23. The molecule has 8 heteroatoms. The predicted octanol–water partition coefficient (Wildman–Crippen LogP) is 3.33. The van der Waals surface area contributed by atoms with Gasteiger partial charge < -0.3 is 9.47 Å². The summed E-state index contributed by atoms with van der Waals surface area (Å²) in [6.45, 7) is 0. The lowest BCUT2D eigenvalue weighted by Gasteiger charge is -2.15. The van der Waals surface area contributed by atoms with Crippen molar-refractivity contribution in [2.24, 2.45) is 0 Å². The Morgan fingerprint density at radius 2 is 1.43 bits per heavy atom. The van der Waals surface area contributed by atoms with Crippen LogP contribution in [0.15, 0.2) is 59.5 Å². The molecule has 3 aromatic carbocycles. The van der Waals surface area contributed by atoms with Crippen molar-refractivity contribution in [3.8, 4) is 11.1 Å². The topological polar surface area (TPSA) is 107 Å². The van der Waals surface area contributed by atoms with E-state index in [1.165, 1.54) is 6.07 Å². The fraction of sp³-hybridized carbons (Fsp3) is 0.100. The van der Waals surface area contributed by atoms with Gasteiger partial charge in [-0.05, 0) is 34.0 Å². The third kappa shape index (κ3) is 3.47. The minimum absolute atomic E-state index is 0.269. The Balaban J connectivity index is 2.40. The largest absolute Gasteiger partial charge is 0.465 e. The SMILES string of the molecule is COC(=O)c1c(-c2ccc3ccccc3c2)ccc(S(=O)(=O)O)c1C(=O)OC. The second kappa shape index (κ2) is 7.41. The minimum Gasteiger partial charge on any atom is -0.465 e. The summed E-state index contributed by atoms with van der Waals surface area (Å²) in [6.07, 6.45) is 0. The maximum atomic E-state index is 12.5. The van der Waals surface area contributed by atoms with E-state index in [0.717, 1.165) is 31.1 Å². The van der Waals surface area contributed by atoms with Crippen molar-refractivity contribution < 1.29 is 32.0 Å². The fourth-order valence-corrected chi connectivity index (χ4v) is 3.70. The van der Waals surface area contributed by atoms with Crippen LogP contribution in [0.3, 0.4) is 0 Å². The predicted molar refractivity (Wildman–Crippen MR) is 102 cm³/mol. The van der Waals surface area contributed by atoms with Crippen LogP contribution in [0.2, 0.25) is 0 Å². The molecule has 0 saturated carbocycles. The second-order valence-corrected chi connectivity index (χ2v) is 7.27. The summed E-state index contributed by atoms with van der Waals surface area (Å²) in [4.78, 5) is 24.1. The molecule has 0 spiro atoms. The number of esters is 2. The Bertz CT molecular complexity index is 1200. The molecule has 0 saturated heterocycles. The number of carbonyl (C=O) groups is 2. The maximum Gasteiger partial charge on any atom is 0.340 e. The zero-order valence-electron chi connectivity index (χ0n) is 15.0. The summed E-state index contributed by atoms with van der Waals surface area (Å²) < 4.78 is 42.4. The average Bonchev–Trinajstić information content (AvgIpc) is 2.70. The molecule has 0 aromatic heterocycles. The van der Waals surface area contributed by atoms with Gasteiger partial charge in [-0.15, -0.1) is 0 Å². The molecule has 0 heterocycles. The van der Waals surface area contributed by atoms with Crippen LogP contribution in [0.25, 0.3) is 21.9 Å². The van der Waals surface area contributed by atoms with Gasteiger partial charge in [-0.25, -0.2) is 9.59 Å². The molecule has 0 fully saturated rings. The highest BCUT2D eigenvalue weighted by Crippen LogP contribution is 2.33. The van der Waals surface area contributed by atoms with Crippen molar-refractivity contribution in [2.45, 2.75) is 4.90 Å². The molecule has 144 valence electrons. The number of benzene rings is 3. The number of carbonyl (C=O) groups excluding carboxylic acids is 2. The van der Waals surface area contributed by atoms with Gasteiger partial charge >= 0.3 is 11.9 Å². The van der Waals surface area contributed by atoms with Gasteiger partial charge in [0.25, 0.3) is 10.1 Å². The Labute approximate surface area is 161 Å². The zero-order valence-corrected chi connectivity index (χ0v) is 15.8. The van der Waals surface area contributed by atoms with Gasteiger partial charge in [0.2, 0.25) is 0 Å². The summed E-state index contributed by atoms with van der Waals surface area (Å²) in [7, 11) is -2.65. The standard InChI is InChI=1S/C20H16O7S/c1-26-19(21)17-15(14-8-7-12-5-3-4-6-13(12)11-14)9-10-16(28(23,24)25)18(17)20(22)27-2/h3-11H,1-2H3,(H,23,24,25). The number of methoxy groups -OCH3 is 2. The molecule has 0 aliphatic rings. The van der Waals surface area contributed by atoms with Crippen molar-refractivity contribution in [2.75, 3.05) is 14.2 Å². The van der Waals surface area contributed by atoms with Crippen molar-refractivity contribution in [1.29, 1.82) is 0 Å². The van der Waals surface area contributed by atoms with E-state index in [1.807, 2.05) is 30.3 Å². The number of fused-ring (bicyclic) bond motifs is 1. The van der Waals surface area contributed by atoms with E-state index in [-0.39, 0.29) is 11.1 Å². The molecule has 0 atom stereocenters. The highest BCUT2D eigenvalue weighted by Gasteiger charge is 2.31. The van der Waals surface area contributed by atoms with Crippen LogP contribution >= 0.6 is 0 Å². The molecular formula is C20H16O7S. The summed E-state index contributed by atoms with van der Waals surface area (Å²) in [5, 5.41) is 1.85. The van der Waals surface area contributed by atoms with Gasteiger partial charge in [-0.3, -0.25) is 4.55 Å². The maximum absolute atomic E-state index is 12.5. The van der Waals surface area contributed by atoms with Crippen molar-refractivity contribution in [1.82, 2.24) is 0 Å². The first-order valence-corrected chi connectivity index (χ1v) is 9.52. The van der Waals surface area contributed by atoms with Gasteiger partial charge in [0.05, 0.1) is 25.3 Å². The van der Waals surface area contributed by atoms with Gasteiger partial charge in [-0.2, -0.15) is 8.42 Å². The lowest BCUT2D eigenvalue weighted by molar-refractivity contribution is 0.0552. The molecule has 0 radical (unpaired) electrons. The summed E-state index contributed by atoms with van der Waals surface area (Å²) in [5.74, 6) is -2.02. The normalized spacial score (nSPS) is 11.2.